The van der Waals surface area contributed by atoms with Gasteiger partial charge in [-0.2, -0.15) is 11.8 Å². The first-order chi connectivity index (χ1) is 8.66. The van der Waals surface area contributed by atoms with Crippen LogP contribution in [0.1, 0.15) is 25.5 Å². The number of thioether (sulfide) groups is 1. The predicted octanol–water partition coefficient (Wildman–Crippen LogP) is 4.26. The van der Waals surface area contributed by atoms with Crippen molar-refractivity contribution in [2.24, 2.45) is 5.92 Å². The van der Waals surface area contributed by atoms with Crippen LogP contribution in [0.2, 0.25) is 0 Å². The first-order valence-corrected chi connectivity index (χ1v) is 7.57. The average molecular weight is 260 g/mol. The molecule has 0 spiro atoms. The molecule has 96 valence electrons. The maximum atomic E-state index is 10.2. The molecular formula is C16H20OS. The van der Waals surface area contributed by atoms with Crippen molar-refractivity contribution in [3.63, 3.8) is 0 Å². The number of benzene rings is 2. The van der Waals surface area contributed by atoms with Crippen LogP contribution in [-0.4, -0.2) is 16.6 Å². The standard InChI is InChI=1S/C16H20OS/c1-12(2)10-18-11-16(17)15-8-7-13-5-3-4-6-14(13)9-15/h3-9,12,16-17H,10-11H2,1-2H3. The lowest BCUT2D eigenvalue weighted by Crippen LogP contribution is -2.02. The van der Waals surface area contributed by atoms with Crippen LogP contribution in [0.15, 0.2) is 42.5 Å². The molecule has 0 aliphatic heterocycles. The smallest absolute Gasteiger partial charge is 0.0880 e. The van der Waals surface area contributed by atoms with Gasteiger partial charge in [-0.25, -0.2) is 0 Å². The van der Waals surface area contributed by atoms with E-state index >= 15 is 0 Å². The highest BCUT2D eigenvalue weighted by Gasteiger charge is 2.08. The third-order valence-electron chi connectivity index (χ3n) is 2.89. The molecule has 0 saturated carbocycles. The van der Waals surface area contributed by atoms with Crippen molar-refractivity contribution in [3.8, 4) is 0 Å². The van der Waals surface area contributed by atoms with E-state index in [0.29, 0.717) is 5.92 Å². The van der Waals surface area contributed by atoms with Crippen molar-refractivity contribution in [1.29, 1.82) is 0 Å². The summed E-state index contributed by atoms with van der Waals surface area (Å²) in [5.74, 6) is 2.56. The van der Waals surface area contributed by atoms with Crippen LogP contribution in [0.5, 0.6) is 0 Å². The fourth-order valence-electron chi connectivity index (χ4n) is 1.93. The lowest BCUT2D eigenvalue weighted by molar-refractivity contribution is 0.204. The van der Waals surface area contributed by atoms with Crippen LogP contribution in [0, 0.1) is 5.92 Å². The molecule has 2 heteroatoms. The number of aliphatic hydroxyl groups is 1. The van der Waals surface area contributed by atoms with E-state index in [0.717, 1.165) is 17.1 Å². The van der Waals surface area contributed by atoms with Crippen molar-refractivity contribution in [1.82, 2.24) is 0 Å². The second kappa shape index (κ2) is 6.26. The number of fused-ring (bicyclic) bond motifs is 1. The van der Waals surface area contributed by atoms with Crippen LogP contribution in [0.3, 0.4) is 0 Å². The van der Waals surface area contributed by atoms with Crippen LogP contribution in [0.4, 0.5) is 0 Å². The molecule has 0 heterocycles. The van der Waals surface area contributed by atoms with Crippen molar-refractivity contribution in [2.75, 3.05) is 11.5 Å². The lowest BCUT2D eigenvalue weighted by atomic mass is 10.0. The number of hydrogen-bond acceptors (Lipinski definition) is 2. The zero-order valence-electron chi connectivity index (χ0n) is 11.0. The van der Waals surface area contributed by atoms with E-state index < -0.39 is 0 Å². The molecule has 0 bridgehead atoms. The van der Waals surface area contributed by atoms with Crippen molar-refractivity contribution in [3.05, 3.63) is 48.0 Å². The fourth-order valence-corrected chi connectivity index (χ4v) is 2.95. The minimum absolute atomic E-state index is 0.363. The Kier molecular flexibility index (Phi) is 4.67. The Balaban J connectivity index is 2.06. The topological polar surface area (TPSA) is 20.2 Å². The summed E-state index contributed by atoms with van der Waals surface area (Å²) in [6.07, 6.45) is -0.363. The van der Waals surface area contributed by atoms with E-state index in [4.69, 9.17) is 0 Å². The molecule has 0 saturated heterocycles. The molecule has 2 aromatic rings. The lowest BCUT2D eigenvalue weighted by Gasteiger charge is -2.12. The summed E-state index contributed by atoms with van der Waals surface area (Å²) in [4.78, 5) is 0. The van der Waals surface area contributed by atoms with Crippen molar-refractivity contribution < 1.29 is 5.11 Å². The Bertz CT molecular complexity index is 507. The number of rotatable bonds is 5. The van der Waals surface area contributed by atoms with Gasteiger partial charge >= 0.3 is 0 Å². The first kappa shape index (κ1) is 13.4. The van der Waals surface area contributed by atoms with Crippen LogP contribution in [-0.2, 0) is 0 Å². The second-order valence-electron chi connectivity index (χ2n) is 5.05. The van der Waals surface area contributed by atoms with Gasteiger partial charge < -0.3 is 5.11 Å². The summed E-state index contributed by atoms with van der Waals surface area (Å²) in [6, 6.07) is 14.5. The Labute approximate surface area is 113 Å². The molecule has 0 fully saturated rings. The average Bonchev–Trinajstić information content (AvgIpc) is 2.37. The maximum absolute atomic E-state index is 10.2. The molecule has 1 nitrogen and oxygen atoms in total. The Morgan fingerprint density at radius 1 is 1.00 bits per heavy atom. The fraction of sp³-hybridized carbons (Fsp3) is 0.375. The molecule has 2 aromatic carbocycles. The SMILES string of the molecule is CC(C)CSCC(O)c1ccc2ccccc2c1. The highest BCUT2D eigenvalue weighted by molar-refractivity contribution is 7.99. The minimum Gasteiger partial charge on any atom is -0.388 e. The van der Waals surface area contributed by atoms with E-state index in [-0.39, 0.29) is 6.10 Å². The summed E-state index contributed by atoms with van der Waals surface area (Å²) in [5, 5.41) is 12.6. The number of hydrogen-bond donors (Lipinski definition) is 1. The van der Waals surface area contributed by atoms with E-state index in [2.05, 4.69) is 38.1 Å². The molecule has 0 aromatic heterocycles. The molecule has 0 amide bonds. The summed E-state index contributed by atoms with van der Waals surface area (Å²) in [7, 11) is 0. The summed E-state index contributed by atoms with van der Waals surface area (Å²) >= 11 is 1.82. The predicted molar refractivity (Wildman–Crippen MR) is 81.1 cm³/mol. The Morgan fingerprint density at radius 3 is 2.44 bits per heavy atom. The van der Waals surface area contributed by atoms with Gasteiger partial charge in [0.1, 0.15) is 0 Å². The molecule has 2 rings (SSSR count). The van der Waals surface area contributed by atoms with Crippen LogP contribution in [0.25, 0.3) is 10.8 Å². The molecule has 1 N–H and O–H groups in total. The van der Waals surface area contributed by atoms with E-state index in [9.17, 15) is 5.11 Å². The highest BCUT2D eigenvalue weighted by atomic mass is 32.2. The number of aliphatic hydroxyl groups excluding tert-OH is 1. The van der Waals surface area contributed by atoms with Gasteiger partial charge in [0.05, 0.1) is 6.10 Å². The molecule has 1 unspecified atom stereocenters. The third kappa shape index (κ3) is 3.50. The van der Waals surface area contributed by atoms with E-state index in [1.165, 1.54) is 10.8 Å². The van der Waals surface area contributed by atoms with Gasteiger partial charge in [0.15, 0.2) is 0 Å². The summed E-state index contributed by atoms with van der Waals surface area (Å²) in [6.45, 7) is 4.41. The second-order valence-corrected chi connectivity index (χ2v) is 6.13. The first-order valence-electron chi connectivity index (χ1n) is 6.41. The van der Waals surface area contributed by atoms with E-state index in [1.54, 1.807) is 0 Å². The quantitative estimate of drug-likeness (QED) is 0.866. The molecule has 0 aliphatic carbocycles. The van der Waals surface area contributed by atoms with Gasteiger partial charge in [-0.3, -0.25) is 0 Å². The van der Waals surface area contributed by atoms with Gasteiger partial charge in [-0.15, -0.1) is 0 Å². The molecule has 1 atom stereocenters. The monoisotopic (exact) mass is 260 g/mol. The van der Waals surface area contributed by atoms with Gasteiger partial charge in [0.25, 0.3) is 0 Å². The normalized spacial score (nSPS) is 13.1. The summed E-state index contributed by atoms with van der Waals surface area (Å²) < 4.78 is 0. The molecular weight excluding hydrogens is 240 g/mol. The van der Waals surface area contributed by atoms with Crippen LogP contribution >= 0.6 is 11.8 Å². The van der Waals surface area contributed by atoms with Crippen molar-refractivity contribution in [2.45, 2.75) is 20.0 Å². The zero-order valence-corrected chi connectivity index (χ0v) is 11.8. The largest absolute Gasteiger partial charge is 0.388 e. The highest BCUT2D eigenvalue weighted by Crippen LogP contribution is 2.23. The maximum Gasteiger partial charge on any atom is 0.0880 e. The van der Waals surface area contributed by atoms with Crippen molar-refractivity contribution >= 4 is 22.5 Å². The zero-order chi connectivity index (χ0) is 13.0. The Morgan fingerprint density at radius 2 is 1.72 bits per heavy atom. The third-order valence-corrected chi connectivity index (χ3v) is 4.34. The van der Waals surface area contributed by atoms with E-state index in [1.807, 2.05) is 30.0 Å². The molecule has 0 radical (unpaired) electrons. The van der Waals surface area contributed by atoms with Crippen LogP contribution < -0.4 is 0 Å². The van der Waals surface area contributed by atoms with Gasteiger partial charge in [0.2, 0.25) is 0 Å². The molecule has 0 aliphatic rings. The minimum atomic E-state index is -0.363. The summed E-state index contributed by atoms with van der Waals surface area (Å²) in [5.41, 5.74) is 1.02. The van der Waals surface area contributed by atoms with Gasteiger partial charge in [0, 0.05) is 5.75 Å². The Hall–Kier alpha value is -0.990. The molecule has 18 heavy (non-hydrogen) atoms. The van der Waals surface area contributed by atoms with Gasteiger partial charge in [-0.1, -0.05) is 50.2 Å². The van der Waals surface area contributed by atoms with Gasteiger partial charge in [-0.05, 0) is 34.1 Å².